The number of hydrogen-bond acceptors (Lipinski definition) is 1. The van der Waals surface area contributed by atoms with Crippen LogP contribution in [-0.4, -0.2) is 6.10 Å². The molecule has 1 aliphatic heterocycles. The first-order chi connectivity index (χ1) is 7.34. The van der Waals surface area contributed by atoms with Crippen molar-refractivity contribution < 1.29 is 4.74 Å². The summed E-state index contributed by atoms with van der Waals surface area (Å²) in [6.45, 7) is 4.42. The van der Waals surface area contributed by atoms with E-state index in [9.17, 15) is 0 Å². The van der Waals surface area contributed by atoms with E-state index in [1.54, 1.807) is 0 Å². The second kappa shape index (κ2) is 7.56. The van der Waals surface area contributed by atoms with E-state index < -0.39 is 0 Å². The zero-order valence-corrected chi connectivity index (χ0v) is 10.2. The van der Waals surface area contributed by atoms with Gasteiger partial charge in [0, 0.05) is 0 Å². The first kappa shape index (κ1) is 12.4. The molecule has 0 fully saturated rings. The van der Waals surface area contributed by atoms with Gasteiger partial charge in [0.15, 0.2) is 0 Å². The van der Waals surface area contributed by atoms with Crippen molar-refractivity contribution >= 4 is 0 Å². The second-order valence-corrected chi connectivity index (χ2v) is 4.42. The third kappa shape index (κ3) is 5.06. The van der Waals surface area contributed by atoms with Gasteiger partial charge in [-0.25, -0.2) is 0 Å². The predicted molar refractivity (Wildman–Crippen MR) is 65.8 cm³/mol. The van der Waals surface area contributed by atoms with Gasteiger partial charge in [0.05, 0.1) is 6.26 Å². The molecule has 1 nitrogen and oxygen atoms in total. The van der Waals surface area contributed by atoms with Crippen molar-refractivity contribution in [2.24, 2.45) is 0 Å². The van der Waals surface area contributed by atoms with Crippen molar-refractivity contribution in [1.29, 1.82) is 0 Å². The van der Waals surface area contributed by atoms with Gasteiger partial charge in [0.1, 0.15) is 6.10 Å². The molecule has 1 atom stereocenters. The smallest absolute Gasteiger partial charge is 0.119 e. The summed E-state index contributed by atoms with van der Waals surface area (Å²) in [4.78, 5) is 0. The molecular weight excluding hydrogens is 184 g/mol. The Morgan fingerprint density at radius 2 is 1.87 bits per heavy atom. The first-order valence-corrected chi connectivity index (χ1v) is 6.33. The monoisotopic (exact) mass is 208 g/mol. The van der Waals surface area contributed by atoms with Crippen molar-refractivity contribution in [3.05, 3.63) is 24.0 Å². The van der Waals surface area contributed by atoms with E-state index in [0.29, 0.717) is 6.10 Å². The SMILES string of the molecule is CCCCCCCCC1OC=CC=C1C. The molecule has 1 heterocycles. The van der Waals surface area contributed by atoms with E-state index in [0.717, 1.165) is 0 Å². The van der Waals surface area contributed by atoms with Crippen LogP contribution in [0.25, 0.3) is 0 Å². The summed E-state index contributed by atoms with van der Waals surface area (Å²) < 4.78 is 5.57. The summed E-state index contributed by atoms with van der Waals surface area (Å²) in [5, 5.41) is 0. The third-order valence-electron chi connectivity index (χ3n) is 3.01. The summed E-state index contributed by atoms with van der Waals surface area (Å²) in [6.07, 6.45) is 15.6. The van der Waals surface area contributed by atoms with Gasteiger partial charge < -0.3 is 4.74 Å². The van der Waals surface area contributed by atoms with E-state index in [4.69, 9.17) is 4.74 Å². The number of ether oxygens (including phenoxy) is 1. The largest absolute Gasteiger partial charge is 0.494 e. The zero-order chi connectivity index (χ0) is 10.9. The van der Waals surface area contributed by atoms with Gasteiger partial charge in [-0.3, -0.25) is 0 Å². The predicted octanol–water partition coefficient (Wildman–Crippen LogP) is 4.60. The van der Waals surface area contributed by atoms with Gasteiger partial charge in [-0.15, -0.1) is 0 Å². The Bertz CT molecular complexity index is 215. The van der Waals surface area contributed by atoms with E-state index in [1.165, 1.54) is 50.5 Å². The highest BCUT2D eigenvalue weighted by Gasteiger charge is 2.11. The van der Waals surface area contributed by atoms with Gasteiger partial charge in [0.25, 0.3) is 0 Å². The van der Waals surface area contributed by atoms with Crippen LogP contribution in [0.4, 0.5) is 0 Å². The minimum atomic E-state index is 0.348. The molecule has 0 aromatic carbocycles. The molecule has 0 N–H and O–H groups in total. The molecule has 0 saturated carbocycles. The van der Waals surface area contributed by atoms with E-state index in [-0.39, 0.29) is 0 Å². The number of hydrogen-bond donors (Lipinski definition) is 0. The van der Waals surface area contributed by atoms with E-state index in [2.05, 4.69) is 19.9 Å². The van der Waals surface area contributed by atoms with Crippen LogP contribution in [0.1, 0.15) is 58.8 Å². The van der Waals surface area contributed by atoms with Crippen LogP contribution in [0.15, 0.2) is 24.0 Å². The fraction of sp³-hybridized carbons (Fsp3) is 0.714. The molecule has 86 valence electrons. The summed E-state index contributed by atoms with van der Waals surface area (Å²) >= 11 is 0. The number of rotatable bonds is 7. The molecule has 1 rings (SSSR count). The maximum Gasteiger partial charge on any atom is 0.119 e. The molecule has 15 heavy (non-hydrogen) atoms. The summed E-state index contributed by atoms with van der Waals surface area (Å²) in [7, 11) is 0. The lowest BCUT2D eigenvalue weighted by Crippen LogP contribution is -2.13. The van der Waals surface area contributed by atoms with Gasteiger partial charge >= 0.3 is 0 Å². The fourth-order valence-electron chi connectivity index (χ4n) is 1.95. The highest BCUT2D eigenvalue weighted by atomic mass is 16.5. The maximum atomic E-state index is 5.57. The molecule has 1 aliphatic rings. The highest BCUT2D eigenvalue weighted by Crippen LogP contribution is 2.18. The molecule has 0 aromatic heterocycles. The Balaban J connectivity index is 2.00. The molecule has 0 aliphatic carbocycles. The topological polar surface area (TPSA) is 9.23 Å². The van der Waals surface area contributed by atoms with Crippen LogP contribution in [0, 0.1) is 0 Å². The molecular formula is C14H24O. The standard InChI is InChI=1S/C14H24O/c1-3-4-5-6-7-8-11-14-13(2)10-9-12-15-14/h9-10,12,14H,3-8,11H2,1-2H3. The Labute approximate surface area is 94.2 Å². The van der Waals surface area contributed by atoms with Crippen molar-refractivity contribution in [1.82, 2.24) is 0 Å². The first-order valence-electron chi connectivity index (χ1n) is 6.33. The molecule has 0 saturated heterocycles. The van der Waals surface area contributed by atoms with Crippen LogP contribution in [0.2, 0.25) is 0 Å². The Morgan fingerprint density at radius 3 is 2.60 bits per heavy atom. The summed E-state index contributed by atoms with van der Waals surface area (Å²) in [6, 6.07) is 0. The maximum absolute atomic E-state index is 5.57. The molecule has 0 bridgehead atoms. The van der Waals surface area contributed by atoms with Gasteiger partial charge in [-0.05, 0) is 31.4 Å². The minimum Gasteiger partial charge on any atom is -0.494 e. The molecule has 0 spiro atoms. The Morgan fingerprint density at radius 1 is 1.13 bits per heavy atom. The number of unbranched alkanes of at least 4 members (excludes halogenated alkanes) is 5. The van der Waals surface area contributed by atoms with Crippen molar-refractivity contribution in [2.45, 2.75) is 64.9 Å². The minimum absolute atomic E-state index is 0.348. The zero-order valence-electron chi connectivity index (χ0n) is 10.2. The lowest BCUT2D eigenvalue weighted by atomic mass is 10.0. The molecule has 1 heteroatoms. The normalized spacial score (nSPS) is 19.9. The Hall–Kier alpha value is -0.720. The van der Waals surface area contributed by atoms with Crippen molar-refractivity contribution in [2.75, 3.05) is 0 Å². The average molecular weight is 208 g/mol. The van der Waals surface area contributed by atoms with Crippen LogP contribution in [0.5, 0.6) is 0 Å². The van der Waals surface area contributed by atoms with Crippen LogP contribution in [0.3, 0.4) is 0 Å². The quantitative estimate of drug-likeness (QED) is 0.556. The van der Waals surface area contributed by atoms with E-state index in [1.807, 2.05) is 12.3 Å². The van der Waals surface area contributed by atoms with Crippen LogP contribution in [-0.2, 0) is 4.74 Å². The Kier molecular flexibility index (Phi) is 6.22. The molecule has 0 amide bonds. The van der Waals surface area contributed by atoms with Crippen molar-refractivity contribution in [3.63, 3.8) is 0 Å². The third-order valence-corrected chi connectivity index (χ3v) is 3.01. The lowest BCUT2D eigenvalue weighted by molar-refractivity contribution is 0.159. The van der Waals surface area contributed by atoms with Crippen LogP contribution < -0.4 is 0 Å². The summed E-state index contributed by atoms with van der Waals surface area (Å²) in [5.74, 6) is 0. The van der Waals surface area contributed by atoms with Crippen molar-refractivity contribution in [3.8, 4) is 0 Å². The molecule has 0 aromatic rings. The molecule has 1 unspecified atom stereocenters. The van der Waals surface area contributed by atoms with Gasteiger partial charge in [-0.1, -0.05) is 45.1 Å². The molecule has 0 radical (unpaired) electrons. The fourth-order valence-corrected chi connectivity index (χ4v) is 1.95. The summed E-state index contributed by atoms with van der Waals surface area (Å²) in [5.41, 5.74) is 1.37. The number of allylic oxidation sites excluding steroid dienone is 2. The van der Waals surface area contributed by atoms with Gasteiger partial charge in [0.2, 0.25) is 0 Å². The van der Waals surface area contributed by atoms with Gasteiger partial charge in [-0.2, -0.15) is 0 Å². The van der Waals surface area contributed by atoms with Crippen LogP contribution >= 0.6 is 0 Å². The highest BCUT2D eigenvalue weighted by molar-refractivity contribution is 5.16. The lowest BCUT2D eigenvalue weighted by Gasteiger charge is -2.19. The second-order valence-electron chi connectivity index (χ2n) is 4.42. The van der Waals surface area contributed by atoms with E-state index >= 15 is 0 Å². The average Bonchev–Trinajstić information content (AvgIpc) is 2.25.